The SMILES string of the molecule is OC1CCc2cc3c(cc2N1)OCO3. The molecule has 0 spiro atoms. The van der Waals surface area contributed by atoms with E-state index in [1.54, 1.807) is 0 Å². The number of ether oxygens (including phenoxy) is 2. The Morgan fingerprint density at radius 3 is 2.93 bits per heavy atom. The molecule has 0 amide bonds. The minimum absolute atomic E-state index is 0.292. The number of hydrogen-bond acceptors (Lipinski definition) is 4. The molecule has 1 unspecified atom stereocenters. The molecular weight excluding hydrogens is 182 g/mol. The Hall–Kier alpha value is -1.42. The normalized spacial score (nSPS) is 22.8. The van der Waals surface area contributed by atoms with E-state index in [0.29, 0.717) is 6.79 Å². The molecule has 0 saturated heterocycles. The van der Waals surface area contributed by atoms with Crippen molar-refractivity contribution >= 4 is 5.69 Å². The van der Waals surface area contributed by atoms with E-state index in [2.05, 4.69) is 5.32 Å². The van der Waals surface area contributed by atoms with Gasteiger partial charge < -0.3 is 19.9 Å². The second-order valence-corrected chi connectivity index (χ2v) is 3.56. The molecule has 4 nitrogen and oxygen atoms in total. The predicted molar refractivity (Wildman–Crippen MR) is 50.5 cm³/mol. The summed E-state index contributed by atoms with van der Waals surface area (Å²) < 4.78 is 10.5. The molecular formula is C10H11NO3. The topological polar surface area (TPSA) is 50.7 Å². The van der Waals surface area contributed by atoms with Crippen molar-refractivity contribution in [2.24, 2.45) is 0 Å². The monoisotopic (exact) mass is 193 g/mol. The van der Waals surface area contributed by atoms with Gasteiger partial charge in [0.1, 0.15) is 6.23 Å². The first kappa shape index (κ1) is 7.94. The summed E-state index contributed by atoms with van der Waals surface area (Å²) in [5.41, 5.74) is 2.13. The lowest BCUT2D eigenvalue weighted by Gasteiger charge is -2.23. The van der Waals surface area contributed by atoms with Crippen molar-refractivity contribution in [3.8, 4) is 11.5 Å². The number of rotatable bonds is 0. The smallest absolute Gasteiger partial charge is 0.231 e. The second-order valence-electron chi connectivity index (χ2n) is 3.56. The van der Waals surface area contributed by atoms with Gasteiger partial charge in [0.05, 0.1) is 0 Å². The number of benzene rings is 1. The maximum Gasteiger partial charge on any atom is 0.231 e. The number of nitrogens with one attached hydrogen (secondary N) is 1. The minimum atomic E-state index is -0.442. The average molecular weight is 193 g/mol. The summed E-state index contributed by atoms with van der Waals surface area (Å²) in [4.78, 5) is 0. The highest BCUT2D eigenvalue weighted by atomic mass is 16.7. The lowest BCUT2D eigenvalue weighted by atomic mass is 10.0. The van der Waals surface area contributed by atoms with Gasteiger partial charge >= 0.3 is 0 Å². The van der Waals surface area contributed by atoms with Crippen LogP contribution in [-0.4, -0.2) is 18.1 Å². The van der Waals surface area contributed by atoms with E-state index in [1.165, 1.54) is 5.56 Å². The molecule has 1 atom stereocenters. The van der Waals surface area contributed by atoms with Crippen LogP contribution >= 0.6 is 0 Å². The maximum absolute atomic E-state index is 9.42. The number of aryl methyl sites for hydroxylation is 1. The molecule has 0 bridgehead atoms. The molecule has 2 heterocycles. The van der Waals surface area contributed by atoms with Crippen molar-refractivity contribution < 1.29 is 14.6 Å². The van der Waals surface area contributed by atoms with Gasteiger partial charge in [0, 0.05) is 11.8 Å². The fourth-order valence-corrected chi connectivity index (χ4v) is 1.87. The molecule has 2 N–H and O–H groups in total. The Morgan fingerprint density at radius 2 is 2.07 bits per heavy atom. The Labute approximate surface area is 81.5 Å². The van der Waals surface area contributed by atoms with Crippen LogP contribution in [0.3, 0.4) is 0 Å². The zero-order valence-corrected chi connectivity index (χ0v) is 7.62. The van der Waals surface area contributed by atoms with E-state index >= 15 is 0 Å². The Kier molecular flexibility index (Phi) is 1.58. The third-order valence-corrected chi connectivity index (χ3v) is 2.61. The number of aliphatic hydroxyl groups excluding tert-OH is 1. The minimum Gasteiger partial charge on any atom is -0.454 e. The van der Waals surface area contributed by atoms with Gasteiger partial charge in [-0.15, -0.1) is 0 Å². The van der Waals surface area contributed by atoms with Gasteiger partial charge in [-0.1, -0.05) is 0 Å². The fraction of sp³-hybridized carbons (Fsp3) is 0.400. The van der Waals surface area contributed by atoms with Crippen molar-refractivity contribution in [1.29, 1.82) is 0 Å². The third-order valence-electron chi connectivity index (χ3n) is 2.61. The Bertz CT molecular complexity index is 378. The average Bonchev–Trinajstić information content (AvgIpc) is 2.61. The van der Waals surface area contributed by atoms with E-state index in [0.717, 1.165) is 30.0 Å². The van der Waals surface area contributed by atoms with Crippen molar-refractivity contribution in [1.82, 2.24) is 0 Å². The van der Waals surface area contributed by atoms with Gasteiger partial charge in [-0.2, -0.15) is 0 Å². The molecule has 0 aromatic heterocycles. The third kappa shape index (κ3) is 1.11. The van der Waals surface area contributed by atoms with Crippen LogP contribution in [0.15, 0.2) is 12.1 Å². The highest BCUT2D eigenvalue weighted by Crippen LogP contribution is 2.39. The van der Waals surface area contributed by atoms with Crippen molar-refractivity contribution in [3.05, 3.63) is 17.7 Å². The number of fused-ring (bicyclic) bond motifs is 2. The first-order valence-corrected chi connectivity index (χ1v) is 4.70. The van der Waals surface area contributed by atoms with Crippen LogP contribution in [0.1, 0.15) is 12.0 Å². The molecule has 1 aromatic carbocycles. The van der Waals surface area contributed by atoms with E-state index in [9.17, 15) is 5.11 Å². The maximum atomic E-state index is 9.42. The van der Waals surface area contributed by atoms with Gasteiger partial charge in [-0.05, 0) is 24.5 Å². The highest BCUT2D eigenvalue weighted by Gasteiger charge is 2.21. The van der Waals surface area contributed by atoms with E-state index in [4.69, 9.17) is 9.47 Å². The zero-order valence-electron chi connectivity index (χ0n) is 7.62. The van der Waals surface area contributed by atoms with Crippen molar-refractivity contribution in [2.45, 2.75) is 19.1 Å². The Balaban J connectivity index is 2.06. The molecule has 74 valence electrons. The summed E-state index contributed by atoms with van der Waals surface area (Å²) in [6.45, 7) is 0.292. The summed E-state index contributed by atoms with van der Waals surface area (Å²) in [5.74, 6) is 1.56. The predicted octanol–water partition coefficient (Wildman–Crippen LogP) is 1.09. The fourth-order valence-electron chi connectivity index (χ4n) is 1.87. The standard InChI is InChI=1S/C10H11NO3/c12-10-2-1-6-3-8-9(14-5-13-8)4-7(6)11-10/h3-4,10-12H,1-2,5H2. The summed E-state index contributed by atoms with van der Waals surface area (Å²) in [6, 6.07) is 3.87. The molecule has 1 aromatic rings. The Morgan fingerprint density at radius 1 is 1.29 bits per heavy atom. The van der Waals surface area contributed by atoms with E-state index in [1.807, 2.05) is 12.1 Å². The van der Waals surface area contributed by atoms with Crippen LogP contribution < -0.4 is 14.8 Å². The summed E-state index contributed by atoms with van der Waals surface area (Å²) in [7, 11) is 0. The molecule has 0 saturated carbocycles. The zero-order chi connectivity index (χ0) is 9.54. The molecule has 14 heavy (non-hydrogen) atoms. The summed E-state index contributed by atoms with van der Waals surface area (Å²) >= 11 is 0. The molecule has 0 fully saturated rings. The van der Waals surface area contributed by atoms with Crippen LogP contribution in [0.2, 0.25) is 0 Å². The molecule has 0 aliphatic carbocycles. The van der Waals surface area contributed by atoms with Gasteiger partial charge in [0.15, 0.2) is 11.5 Å². The van der Waals surface area contributed by atoms with Gasteiger partial charge in [0.2, 0.25) is 6.79 Å². The molecule has 2 aliphatic heterocycles. The largest absolute Gasteiger partial charge is 0.454 e. The van der Waals surface area contributed by atoms with Crippen LogP contribution in [0, 0.1) is 0 Å². The lowest BCUT2D eigenvalue weighted by molar-refractivity contribution is 0.174. The highest BCUT2D eigenvalue weighted by molar-refractivity contribution is 5.62. The van der Waals surface area contributed by atoms with Crippen molar-refractivity contribution in [2.75, 3.05) is 12.1 Å². The number of hydrogen-bond donors (Lipinski definition) is 2. The first-order chi connectivity index (χ1) is 6.83. The summed E-state index contributed by atoms with van der Waals surface area (Å²) in [5, 5.41) is 12.4. The van der Waals surface area contributed by atoms with E-state index < -0.39 is 6.23 Å². The first-order valence-electron chi connectivity index (χ1n) is 4.70. The van der Waals surface area contributed by atoms with Crippen LogP contribution in [0.25, 0.3) is 0 Å². The van der Waals surface area contributed by atoms with E-state index in [-0.39, 0.29) is 0 Å². The quantitative estimate of drug-likeness (QED) is 0.647. The summed E-state index contributed by atoms with van der Waals surface area (Å²) in [6.07, 6.45) is 1.18. The van der Waals surface area contributed by atoms with Gasteiger partial charge in [-0.25, -0.2) is 0 Å². The molecule has 4 heteroatoms. The second kappa shape index (κ2) is 2.78. The van der Waals surface area contributed by atoms with Gasteiger partial charge in [-0.3, -0.25) is 0 Å². The van der Waals surface area contributed by atoms with Crippen LogP contribution in [0.5, 0.6) is 11.5 Å². The van der Waals surface area contributed by atoms with Gasteiger partial charge in [0.25, 0.3) is 0 Å². The number of anilines is 1. The van der Waals surface area contributed by atoms with Crippen molar-refractivity contribution in [3.63, 3.8) is 0 Å². The molecule has 0 radical (unpaired) electrons. The molecule has 3 rings (SSSR count). The molecule has 2 aliphatic rings. The van der Waals surface area contributed by atoms with Crippen LogP contribution in [-0.2, 0) is 6.42 Å². The van der Waals surface area contributed by atoms with Crippen LogP contribution in [0.4, 0.5) is 5.69 Å². The number of aliphatic hydroxyl groups is 1. The lowest BCUT2D eigenvalue weighted by Crippen LogP contribution is -2.24.